The Morgan fingerprint density at radius 3 is 2.52 bits per heavy atom. The van der Waals surface area contributed by atoms with E-state index >= 15 is 4.39 Å². The normalized spacial score (nSPS) is 14.3. The Morgan fingerprint density at radius 1 is 1.07 bits per heavy atom. The van der Waals surface area contributed by atoms with Crippen LogP contribution in [0.1, 0.15) is 54.8 Å². The predicted molar refractivity (Wildman–Crippen MR) is 159 cm³/mol. The number of rotatable bonds is 6. The maximum atomic E-state index is 15.2. The number of amides is 1. The first-order chi connectivity index (χ1) is 20.2. The first-order valence-corrected chi connectivity index (χ1v) is 13.9. The molecule has 5 aromatic rings. The van der Waals surface area contributed by atoms with Crippen LogP contribution in [0.2, 0.25) is 0 Å². The Labute approximate surface area is 242 Å². The highest BCUT2D eigenvalue weighted by Crippen LogP contribution is 2.31. The molecule has 3 aromatic heterocycles. The second-order valence-electron chi connectivity index (χ2n) is 11.6. The Morgan fingerprint density at radius 2 is 1.83 bits per heavy atom. The molecule has 1 aliphatic rings. The van der Waals surface area contributed by atoms with E-state index in [0.717, 1.165) is 36.2 Å². The predicted octanol–water partition coefficient (Wildman–Crippen LogP) is 5.76. The van der Waals surface area contributed by atoms with Gasteiger partial charge in [-0.1, -0.05) is 68.4 Å². The van der Waals surface area contributed by atoms with Gasteiger partial charge in [0.2, 0.25) is 5.89 Å². The Kier molecular flexibility index (Phi) is 7.16. The van der Waals surface area contributed by atoms with E-state index in [-0.39, 0.29) is 17.8 Å². The van der Waals surface area contributed by atoms with E-state index in [1.54, 1.807) is 12.3 Å². The van der Waals surface area contributed by atoms with E-state index < -0.39 is 11.7 Å². The summed E-state index contributed by atoms with van der Waals surface area (Å²) in [7, 11) is 2.13. The van der Waals surface area contributed by atoms with Gasteiger partial charge in [-0.3, -0.25) is 4.79 Å². The number of hydrogen-bond donors (Lipinski definition) is 2. The third-order valence-electron chi connectivity index (χ3n) is 7.41. The number of fused-ring (bicyclic) bond motifs is 1. The highest BCUT2D eigenvalue weighted by Gasteiger charge is 2.24. The van der Waals surface area contributed by atoms with Crippen LogP contribution in [-0.4, -0.2) is 56.0 Å². The van der Waals surface area contributed by atoms with E-state index in [4.69, 9.17) is 9.51 Å². The minimum Gasteiger partial charge on any atom is -0.345 e. The van der Waals surface area contributed by atoms with Gasteiger partial charge in [0.15, 0.2) is 5.65 Å². The van der Waals surface area contributed by atoms with Crippen molar-refractivity contribution in [3.63, 3.8) is 0 Å². The number of nitrogens with one attached hydrogen (secondary N) is 2. The number of pyridine rings is 1. The van der Waals surface area contributed by atoms with Crippen molar-refractivity contribution in [2.75, 3.05) is 20.1 Å². The van der Waals surface area contributed by atoms with E-state index in [0.29, 0.717) is 28.5 Å². The molecule has 1 amide bonds. The third kappa shape index (κ3) is 5.58. The number of benzene rings is 2. The minimum absolute atomic E-state index is 0.0199. The van der Waals surface area contributed by atoms with Gasteiger partial charge >= 0.3 is 0 Å². The SMILES string of the molecule is CN1CC=C(c2ccc(-c3nc4nccc(-c5ccc(CNC(=O)c6noc(C(C)(C)C)n6)c(F)c5)c4[nH]3)cc2)CC1. The molecule has 42 heavy (non-hydrogen) atoms. The molecular weight excluding hydrogens is 533 g/mol. The molecule has 10 heteroatoms. The molecule has 0 spiro atoms. The fourth-order valence-electron chi connectivity index (χ4n) is 4.90. The van der Waals surface area contributed by atoms with Gasteiger partial charge in [-0.15, -0.1) is 0 Å². The van der Waals surface area contributed by atoms with Crippen molar-refractivity contribution in [3.8, 4) is 22.5 Å². The van der Waals surface area contributed by atoms with Gasteiger partial charge in [-0.25, -0.2) is 14.4 Å². The molecule has 1 aliphatic heterocycles. The molecular formula is C32H32FN7O2. The monoisotopic (exact) mass is 565 g/mol. The number of carbonyl (C=O) groups is 1. The third-order valence-corrected chi connectivity index (χ3v) is 7.41. The summed E-state index contributed by atoms with van der Waals surface area (Å²) < 4.78 is 20.4. The van der Waals surface area contributed by atoms with E-state index in [1.165, 1.54) is 17.2 Å². The van der Waals surface area contributed by atoms with Crippen molar-refractivity contribution >= 4 is 22.6 Å². The summed E-state index contributed by atoms with van der Waals surface area (Å²) in [6.45, 7) is 7.72. The van der Waals surface area contributed by atoms with Crippen LogP contribution in [0.25, 0.3) is 39.3 Å². The number of aromatic nitrogens is 5. The summed E-state index contributed by atoms with van der Waals surface area (Å²) >= 11 is 0. The van der Waals surface area contributed by atoms with Crippen LogP contribution in [0.4, 0.5) is 4.39 Å². The summed E-state index contributed by atoms with van der Waals surface area (Å²) in [6.07, 6.45) is 4.98. The van der Waals surface area contributed by atoms with Gasteiger partial charge < -0.3 is 19.7 Å². The topological polar surface area (TPSA) is 113 Å². The molecule has 0 bridgehead atoms. The van der Waals surface area contributed by atoms with Gasteiger partial charge in [0.25, 0.3) is 11.7 Å². The molecule has 0 saturated carbocycles. The van der Waals surface area contributed by atoms with Gasteiger partial charge in [0.05, 0.1) is 5.52 Å². The molecule has 6 rings (SSSR count). The molecule has 214 valence electrons. The molecule has 0 fully saturated rings. The fourth-order valence-corrected chi connectivity index (χ4v) is 4.90. The second-order valence-corrected chi connectivity index (χ2v) is 11.6. The van der Waals surface area contributed by atoms with Crippen molar-refractivity contribution in [2.45, 2.75) is 39.2 Å². The van der Waals surface area contributed by atoms with Gasteiger partial charge in [-0.2, -0.15) is 4.98 Å². The average molecular weight is 566 g/mol. The number of carbonyl (C=O) groups excluding carboxylic acids is 1. The van der Waals surface area contributed by atoms with Crippen LogP contribution in [0.3, 0.4) is 0 Å². The van der Waals surface area contributed by atoms with Crippen molar-refractivity contribution in [3.05, 3.63) is 89.5 Å². The largest absolute Gasteiger partial charge is 0.345 e. The van der Waals surface area contributed by atoms with Gasteiger partial charge in [0.1, 0.15) is 11.6 Å². The summed E-state index contributed by atoms with van der Waals surface area (Å²) in [5.41, 5.74) is 6.22. The lowest BCUT2D eigenvalue weighted by molar-refractivity contribution is 0.0937. The molecule has 9 nitrogen and oxygen atoms in total. The molecule has 2 aromatic carbocycles. The van der Waals surface area contributed by atoms with Gasteiger partial charge in [-0.05, 0) is 42.3 Å². The summed E-state index contributed by atoms with van der Waals surface area (Å²) in [6, 6.07) is 15.1. The minimum atomic E-state index is -0.533. The zero-order chi connectivity index (χ0) is 29.4. The first kappa shape index (κ1) is 27.5. The number of imidazole rings is 1. The van der Waals surface area contributed by atoms with Crippen LogP contribution < -0.4 is 5.32 Å². The molecule has 2 N–H and O–H groups in total. The molecule has 4 heterocycles. The number of likely N-dealkylation sites (N-methyl/N-ethyl adjacent to an activating group) is 1. The Hall–Kier alpha value is -4.70. The lowest BCUT2D eigenvalue weighted by Gasteiger charge is -2.22. The van der Waals surface area contributed by atoms with Crippen molar-refractivity contribution in [1.29, 1.82) is 0 Å². The van der Waals surface area contributed by atoms with Crippen molar-refractivity contribution < 1.29 is 13.7 Å². The van der Waals surface area contributed by atoms with E-state index in [9.17, 15) is 4.79 Å². The lowest BCUT2D eigenvalue weighted by atomic mass is 9.97. The van der Waals surface area contributed by atoms with Crippen LogP contribution in [0.5, 0.6) is 0 Å². The van der Waals surface area contributed by atoms with Crippen molar-refractivity contribution in [1.82, 2.24) is 35.3 Å². The Balaban J connectivity index is 1.19. The highest BCUT2D eigenvalue weighted by atomic mass is 19.1. The lowest BCUT2D eigenvalue weighted by Crippen LogP contribution is -2.24. The average Bonchev–Trinajstić information content (AvgIpc) is 3.65. The zero-order valence-electron chi connectivity index (χ0n) is 24.0. The smallest absolute Gasteiger partial charge is 0.292 e. The fraction of sp³-hybridized carbons (Fsp3) is 0.281. The first-order valence-electron chi connectivity index (χ1n) is 13.9. The number of halogens is 1. The number of hydrogen-bond acceptors (Lipinski definition) is 7. The highest BCUT2D eigenvalue weighted by molar-refractivity contribution is 5.92. The summed E-state index contributed by atoms with van der Waals surface area (Å²) in [5.74, 6) is -0.00458. The van der Waals surface area contributed by atoms with Crippen LogP contribution in [0.15, 0.2) is 65.3 Å². The second kappa shape index (κ2) is 10.9. The van der Waals surface area contributed by atoms with Gasteiger partial charge in [0, 0.05) is 47.9 Å². The standard InChI is InChI=1S/C32H32FN7O2/c1-32(2,3)31-38-29(39-42-31)30(41)35-18-23-10-9-22(17-25(23)33)24-11-14-34-28-26(24)36-27(37-28)21-7-5-19(6-8-21)20-12-15-40(4)16-13-20/h5-12,14,17H,13,15-16,18H2,1-4H3,(H,35,41)(H,34,36,37). The molecule has 0 radical (unpaired) electrons. The van der Waals surface area contributed by atoms with E-state index in [1.807, 2.05) is 32.9 Å². The maximum absolute atomic E-state index is 15.2. The number of nitrogens with zero attached hydrogens (tertiary/aromatic N) is 5. The quantitative estimate of drug-likeness (QED) is 0.269. The van der Waals surface area contributed by atoms with E-state index in [2.05, 4.69) is 67.7 Å². The zero-order valence-corrected chi connectivity index (χ0v) is 24.0. The maximum Gasteiger partial charge on any atom is 0.292 e. The van der Waals surface area contributed by atoms with Crippen LogP contribution in [0, 0.1) is 5.82 Å². The van der Waals surface area contributed by atoms with Crippen molar-refractivity contribution in [2.24, 2.45) is 0 Å². The number of H-pyrrole nitrogens is 1. The molecule has 0 atom stereocenters. The molecule has 0 unspecified atom stereocenters. The number of aromatic amines is 1. The molecule has 0 aliphatic carbocycles. The molecule has 0 saturated heterocycles. The Bertz CT molecular complexity index is 1800. The van der Waals surface area contributed by atoms with Crippen LogP contribution in [-0.2, 0) is 12.0 Å². The van der Waals surface area contributed by atoms with Crippen LogP contribution >= 0.6 is 0 Å². The summed E-state index contributed by atoms with van der Waals surface area (Å²) in [5, 5.41) is 6.40. The summed E-state index contributed by atoms with van der Waals surface area (Å²) in [4.78, 5) is 31.5.